The summed E-state index contributed by atoms with van der Waals surface area (Å²) in [5, 5.41) is 4.16. The molecular formula is C33H51ClN4. The van der Waals surface area contributed by atoms with Crippen LogP contribution in [0, 0.1) is 5.41 Å². The number of aliphatic imine (C=N–C) groups is 1. The maximum Gasteiger partial charge on any atom is 0.138 e. The van der Waals surface area contributed by atoms with Crippen molar-refractivity contribution in [1.29, 1.82) is 0 Å². The first-order valence-corrected chi connectivity index (χ1v) is 14.7. The summed E-state index contributed by atoms with van der Waals surface area (Å²) in [5.41, 5.74) is 6.19. The number of nitrogens with zero attached hydrogens (tertiary/aromatic N) is 3. The van der Waals surface area contributed by atoms with Gasteiger partial charge in [-0.2, -0.15) is 0 Å². The van der Waals surface area contributed by atoms with E-state index in [1.165, 1.54) is 30.5 Å². The molecule has 0 aliphatic carbocycles. The van der Waals surface area contributed by atoms with Gasteiger partial charge in [-0.15, -0.1) is 0 Å². The number of hydrogen-bond donors (Lipinski definition) is 1. The van der Waals surface area contributed by atoms with Crippen LogP contribution < -0.4 is 5.32 Å². The van der Waals surface area contributed by atoms with Gasteiger partial charge in [0.2, 0.25) is 0 Å². The van der Waals surface area contributed by atoms with Crippen LogP contribution in [0.4, 0.5) is 0 Å². The van der Waals surface area contributed by atoms with Crippen molar-refractivity contribution in [2.45, 2.75) is 92.0 Å². The van der Waals surface area contributed by atoms with E-state index in [2.05, 4.69) is 76.5 Å². The Morgan fingerprint density at radius 3 is 2.42 bits per heavy atom. The van der Waals surface area contributed by atoms with Crippen LogP contribution in [0.5, 0.6) is 0 Å². The molecule has 1 unspecified atom stereocenters. The summed E-state index contributed by atoms with van der Waals surface area (Å²) in [6.45, 7) is 25.8. The van der Waals surface area contributed by atoms with E-state index < -0.39 is 0 Å². The molecule has 2 heterocycles. The molecule has 1 N–H and O–H groups in total. The highest BCUT2D eigenvalue weighted by atomic mass is 35.5. The summed E-state index contributed by atoms with van der Waals surface area (Å²) in [6.07, 6.45) is 10.8. The zero-order valence-electron chi connectivity index (χ0n) is 24.9. The quantitative estimate of drug-likeness (QED) is 0.285. The standard InChI is InChI=1S/C27H37ClN4.C6H14/c1-6-8-12-25-26-24(17-19-32(25)20(3)11-9-10-18-31(5)7-2)21(4)29-27(30-26)22-13-15-23(28)16-14-22;1-5-6(2,3)4/h7,13-16,25H,2-4,6,8-12,17-19H2,1,5H3,(H,29,30);5H2,1-4H3. The van der Waals surface area contributed by atoms with Crippen molar-refractivity contribution in [2.24, 2.45) is 10.4 Å². The summed E-state index contributed by atoms with van der Waals surface area (Å²) < 4.78 is 0. The predicted molar refractivity (Wildman–Crippen MR) is 167 cm³/mol. The van der Waals surface area contributed by atoms with Crippen LogP contribution >= 0.6 is 11.6 Å². The molecule has 5 heteroatoms. The van der Waals surface area contributed by atoms with Crippen molar-refractivity contribution in [1.82, 2.24) is 15.1 Å². The third-order valence-corrected chi connectivity index (χ3v) is 7.68. The molecule has 2 aliphatic rings. The molecule has 2 aliphatic heterocycles. The Balaban J connectivity index is 0.000000757. The highest BCUT2D eigenvalue weighted by Gasteiger charge is 2.33. The van der Waals surface area contributed by atoms with Crippen LogP contribution in [0.25, 0.3) is 0 Å². The fourth-order valence-electron chi connectivity index (χ4n) is 4.42. The second-order valence-corrected chi connectivity index (χ2v) is 12.1. The van der Waals surface area contributed by atoms with Gasteiger partial charge in [0.05, 0.1) is 11.7 Å². The normalized spacial score (nSPS) is 17.1. The third kappa shape index (κ3) is 9.69. The van der Waals surface area contributed by atoms with E-state index >= 15 is 0 Å². The van der Waals surface area contributed by atoms with Gasteiger partial charge in [-0.25, -0.2) is 4.99 Å². The first kappa shape index (κ1) is 31.8. The second-order valence-electron chi connectivity index (χ2n) is 11.6. The average Bonchev–Trinajstić information content (AvgIpc) is 2.89. The fourth-order valence-corrected chi connectivity index (χ4v) is 4.54. The Morgan fingerprint density at radius 1 is 1.18 bits per heavy atom. The summed E-state index contributed by atoms with van der Waals surface area (Å²) >= 11 is 6.09. The van der Waals surface area contributed by atoms with Gasteiger partial charge < -0.3 is 15.1 Å². The van der Waals surface area contributed by atoms with Crippen LogP contribution in [0.1, 0.15) is 91.5 Å². The van der Waals surface area contributed by atoms with Crippen molar-refractivity contribution >= 4 is 17.4 Å². The minimum absolute atomic E-state index is 0.253. The van der Waals surface area contributed by atoms with Crippen molar-refractivity contribution in [3.05, 3.63) is 83.5 Å². The van der Waals surface area contributed by atoms with Gasteiger partial charge >= 0.3 is 0 Å². The molecule has 0 saturated heterocycles. The molecule has 0 aromatic heterocycles. The number of amidine groups is 1. The molecule has 1 aromatic rings. The van der Waals surface area contributed by atoms with Gasteiger partial charge in [0.1, 0.15) is 5.84 Å². The van der Waals surface area contributed by atoms with Gasteiger partial charge in [0, 0.05) is 47.7 Å². The summed E-state index contributed by atoms with van der Waals surface area (Å²) in [7, 11) is 2.07. The molecule has 0 fully saturated rings. The van der Waals surface area contributed by atoms with Crippen molar-refractivity contribution < 1.29 is 0 Å². The topological polar surface area (TPSA) is 30.9 Å². The number of nitrogens with one attached hydrogen (secondary N) is 1. The minimum atomic E-state index is 0.253. The third-order valence-electron chi connectivity index (χ3n) is 7.42. The van der Waals surface area contributed by atoms with Crippen LogP contribution in [-0.4, -0.2) is 41.8 Å². The Labute approximate surface area is 238 Å². The van der Waals surface area contributed by atoms with E-state index in [0.29, 0.717) is 5.41 Å². The van der Waals surface area contributed by atoms with Gasteiger partial charge in [-0.05, 0) is 68.0 Å². The van der Waals surface area contributed by atoms with E-state index in [4.69, 9.17) is 16.6 Å². The van der Waals surface area contributed by atoms with Gasteiger partial charge in [0.15, 0.2) is 0 Å². The number of benzene rings is 1. The average molecular weight is 539 g/mol. The maximum atomic E-state index is 6.09. The molecule has 38 heavy (non-hydrogen) atoms. The second kappa shape index (κ2) is 15.2. The lowest BCUT2D eigenvalue weighted by molar-refractivity contribution is 0.240. The molecule has 0 bridgehead atoms. The monoisotopic (exact) mass is 538 g/mol. The van der Waals surface area contributed by atoms with Crippen LogP contribution in [0.2, 0.25) is 5.02 Å². The number of allylic oxidation sites excluding steroid dienone is 2. The van der Waals surface area contributed by atoms with Gasteiger partial charge in [-0.3, -0.25) is 0 Å². The minimum Gasteiger partial charge on any atom is -0.381 e. The number of halogens is 1. The fraction of sp³-hybridized carbons (Fsp3) is 0.545. The van der Waals surface area contributed by atoms with Gasteiger partial charge in [0.25, 0.3) is 0 Å². The smallest absolute Gasteiger partial charge is 0.138 e. The number of rotatable bonds is 11. The lowest BCUT2D eigenvalue weighted by Crippen LogP contribution is -2.43. The summed E-state index contributed by atoms with van der Waals surface area (Å²) in [6, 6.07) is 8.08. The molecule has 4 nitrogen and oxygen atoms in total. The van der Waals surface area contributed by atoms with Crippen molar-refractivity contribution in [2.75, 3.05) is 20.1 Å². The maximum absolute atomic E-state index is 6.09. The Bertz CT molecular complexity index is 997. The first-order chi connectivity index (χ1) is 18.0. The summed E-state index contributed by atoms with van der Waals surface area (Å²) in [5.74, 6) is 0.854. The summed E-state index contributed by atoms with van der Waals surface area (Å²) in [4.78, 5) is 9.78. The van der Waals surface area contributed by atoms with Gasteiger partial charge in [-0.1, -0.05) is 85.2 Å². The highest BCUT2D eigenvalue weighted by molar-refractivity contribution is 6.30. The van der Waals surface area contributed by atoms with E-state index in [0.717, 1.165) is 73.0 Å². The molecule has 1 aromatic carbocycles. The Kier molecular flexibility index (Phi) is 12.7. The largest absolute Gasteiger partial charge is 0.381 e. The van der Waals surface area contributed by atoms with Crippen LogP contribution in [0.15, 0.2) is 77.9 Å². The first-order valence-electron chi connectivity index (χ1n) is 14.3. The van der Waals surface area contributed by atoms with Crippen LogP contribution in [-0.2, 0) is 0 Å². The van der Waals surface area contributed by atoms with E-state index in [1.807, 2.05) is 30.5 Å². The number of hydrogen-bond acceptors (Lipinski definition) is 4. The zero-order chi connectivity index (χ0) is 28.3. The Hall–Kier alpha value is -2.46. The lowest BCUT2D eigenvalue weighted by Gasteiger charge is -2.42. The molecule has 210 valence electrons. The number of unbranched alkanes of at least 4 members (excludes halogenated alkanes) is 2. The highest BCUT2D eigenvalue weighted by Crippen LogP contribution is 2.36. The van der Waals surface area contributed by atoms with Crippen molar-refractivity contribution in [3.63, 3.8) is 0 Å². The molecule has 0 radical (unpaired) electrons. The van der Waals surface area contributed by atoms with E-state index in [9.17, 15) is 0 Å². The van der Waals surface area contributed by atoms with Crippen molar-refractivity contribution in [3.8, 4) is 0 Å². The molecule has 0 saturated carbocycles. The SMILES string of the molecule is C=CN(C)CCCCC(=C)N1CCC2=C(N=C(c3ccc(Cl)cc3)NC2=C)C1CCCC.CCC(C)(C)C. The molecular weight excluding hydrogens is 488 g/mol. The van der Waals surface area contributed by atoms with E-state index in [1.54, 1.807) is 0 Å². The molecule has 0 spiro atoms. The Morgan fingerprint density at radius 2 is 1.84 bits per heavy atom. The zero-order valence-corrected chi connectivity index (χ0v) is 25.6. The molecule has 0 amide bonds. The molecule has 1 atom stereocenters. The lowest BCUT2D eigenvalue weighted by atomic mass is 9.90. The predicted octanol–water partition coefficient (Wildman–Crippen LogP) is 8.92. The van der Waals surface area contributed by atoms with E-state index in [-0.39, 0.29) is 6.04 Å². The molecule has 3 rings (SSSR count). The van der Waals surface area contributed by atoms with Crippen LogP contribution in [0.3, 0.4) is 0 Å².